The van der Waals surface area contributed by atoms with Crippen molar-refractivity contribution in [3.05, 3.63) is 47.5 Å². The van der Waals surface area contributed by atoms with Gasteiger partial charge in [-0.2, -0.15) is 0 Å². The Balaban J connectivity index is 2.10. The van der Waals surface area contributed by atoms with Crippen molar-refractivity contribution < 1.29 is 0 Å². The van der Waals surface area contributed by atoms with Crippen LogP contribution in [0.5, 0.6) is 0 Å². The van der Waals surface area contributed by atoms with Crippen LogP contribution in [-0.2, 0) is 6.42 Å². The summed E-state index contributed by atoms with van der Waals surface area (Å²) in [5, 5.41) is 0. The highest BCUT2D eigenvalue weighted by Gasteiger charge is 2.27. The van der Waals surface area contributed by atoms with E-state index in [0.717, 1.165) is 12.8 Å². The molecule has 1 aromatic rings. The number of fused-ring (bicyclic) bond motifs is 1. The molecule has 2 rings (SSSR count). The van der Waals surface area contributed by atoms with Gasteiger partial charge in [-0.05, 0) is 42.7 Å². The van der Waals surface area contributed by atoms with E-state index in [1.54, 1.807) is 0 Å². The summed E-state index contributed by atoms with van der Waals surface area (Å²) in [7, 11) is 0. The van der Waals surface area contributed by atoms with Gasteiger partial charge in [0.05, 0.1) is 0 Å². The molecule has 2 unspecified atom stereocenters. The molecule has 16 heavy (non-hydrogen) atoms. The lowest BCUT2D eigenvalue weighted by molar-refractivity contribution is 0.520. The van der Waals surface area contributed by atoms with E-state index < -0.39 is 0 Å². The van der Waals surface area contributed by atoms with Gasteiger partial charge < -0.3 is 5.73 Å². The van der Waals surface area contributed by atoms with E-state index in [1.165, 1.54) is 29.5 Å². The van der Waals surface area contributed by atoms with Crippen LogP contribution in [0, 0.1) is 0 Å². The van der Waals surface area contributed by atoms with Crippen molar-refractivity contribution in [3.63, 3.8) is 0 Å². The van der Waals surface area contributed by atoms with E-state index in [-0.39, 0.29) is 6.04 Å². The van der Waals surface area contributed by atoms with Crippen LogP contribution in [0.3, 0.4) is 0 Å². The SMILES string of the molecule is C=C(CC)CC(N)C1CCc2ccccc21. The molecule has 0 radical (unpaired) electrons. The second kappa shape index (κ2) is 4.84. The van der Waals surface area contributed by atoms with E-state index in [0.29, 0.717) is 5.92 Å². The summed E-state index contributed by atoms with van der Waals surface area (Å²) in [4.78, 5) is 0. The number of aryl methyl sites for hydroxylation is 1. The van der Waals surface area contributed by atoms with Crippen molar-refractivity contribution >= 4 is 0 Å². The lowest BCUT2D eigenvalue weighted by atomic mass is 9.89. The van der Waals surface area contributed by atoms with Crippen LogP contribution in [-0.4, -0.2) is 6.04 Å². The molecule has 86 valence electrons. The Labute approximate surface area is 98.4 Å². The van der Waals surface area contributed by atoms with Gasteiger partial charge in [0.2, 0.25) is 0 Å². The summed E-state index contributed by atoms with van der Waals surface area (Å²) < 4.78 is 0. The summed E-state index contributed by atoms with van der Waals surface area (Å²) in [6.07, 6.45) is 4.40. The Morgan fingerprint density at radius 1 is 1.50 bits per heavy atom. The number of hydrogen-bond donors (Lipinski definition) is 1. The van der Waals surface area contributed by atoms with Crippen LogP contribution in [0.25, 0.3) is 0 Å². The van der Waals surface area contributed by atoms with E-state index in [1.807, 2.05) is 0 Å². The summed E-state index contributed by atoms with van der Waals surface area (Å²) in [5.74, 6) is 0.541. The minimum absolute atomic E-state index is 0.246. The maximum Gasteiger partial charge on any atom is 0.0145 e. The lowest BCUT2D eigenvalue weighted by Gasteiger charge is -2.21. The van der Waals surface area contributed by atoms with Crippen molar-refractivity contribution in [2.24, 2.45) is 5.73 Å². The first kappa shape index (κ1) is 11.4. The predicted octanol–water partition coefficient (Wildman–Crippen LogP) is 3.40. The summed E-state index contributed by atoms with van der Waals surface area (Å²) in [6.45, 7) is 6.21. The molecule has 0 fully saturated rings. The normalized spacial score (nSPS) is 20.5. The van der Waals surface area contributed by atoms with Crippen LogP contribution in [0.1, 0.15) is 43.2 Å². The van der Waals surface area contributed by atoms with E-state index in [2.05, 4.69) is 37.8 Å². The van der Waals surface area contributed by atoms with Gasteiger partial charge in [-0.3, -0.25) is 0 Å². The first-order valence-corrected chi connectivity index (χ1v) is 6.22. The van der Waals surface area contributed by atoms with Gasteiger partial charge in [0.1, 0.15) is 0 Å². The van der Waals surface area contributed by atoms with Gasteiger partial charge in [-0.15, -0.1) is 0 Å². The van der Waals surface area contributed by atoms with E-state index in [9.17, 15) is 0 Å². The molecule has 0 aromatic heterocycles. The second-order valence-corrected chi connectivity index (χ2v) is 4.82. The summed E-state index contributed by atoms with van der Waals surface area (Å²) >= 11 is 0. The molecule has 1 heteroatoms. The van der Waals surface area contributed by atoms with Crippen molar-refractivity contribution in [2.75, 3.05) is 0 Å². The first-order valence-electron chi connectivity index (χ1n) is 6.22. The molecule has 1 aliphatic carbocycles. The summed E-state index contributed by atoms with van der Waals surface area (Å²) in [5.41, 5.74) is 10.5. The molecule has 1 nitrogen and oxygen atoms in total. The van der Waals surface area contributed by atoms with Gasteiger partial charge in [-0.1, -0.05) is 43.3 Å². The molecule has 0 saturated heterocycles. The average molecular weight is 215 g/mol. The highest BCUT2D eigenvalue weighted by atomic mass is 14.7. The highest BCUT2D eigenvalue weighted by Crippen LogP contribution is 2.36. The van der Waals surface area contributed by atoms with Crippen LogP contribution >= 0.6 is 0 Å². The second-order valence-electron chi connectivity index (χ2n) is 4.82. The molecular weight excluding hydrogens is 194 g/mol. The third-order valence-corrected chi connectivity index (χ3v) is 3.72. The smallest absolute Gasteiger partial charge is 0.0145 e. The van der Waals surface area contributed by atoms with Crippen LogP contribution in [0.15, 0.2) is 36.4 Å². The fraction of sp³-hybridized carbons (Fsp3) is 0.467. The van der Waals surface area contributed by atoms with Gasteiger partial charge in [0, 0.05) is 6.04 Å². The largest absolute Gasteiger partial charge is 0.327 e. The van der Waals surface area contributed by atoms with Crippen LogP contribution in [0.2, 0.25) is 0 Å². The van der Waals surface area contributed by atoms with Gasteiger partial charge >= 0.3 is 0 Å². The van der Waals surface area contributed by atoms with Gasteiger partial charge in [0.25, 0.3) is 0 Å². The predicted molar refractivity (Wildman–Crippen MR) is 69.5 cm³/mol. The standard InChI is InChI=1S/C15H21N/c1-3-11(2)10-15(16)14-9-8-12-6-4-5-7-13(12)14/h4-7,14-15H,2-3,8-10,16H2,1H3. The Morgan fingerprint density at radius 3 is 3.00 bits per heavy atom. The topological polar surface area (TPSA) is 26.0 Å². The first-order chi connectivity index (χ1) is 7.72. The quantitative estimate of drug-likeness (QED) is 0.765. The Kier molecular flexibility index (Phi) is 3.45. The molecule has 0 aliphatic heterocycles. The molecule has 0 saturated carbocycles. The molecule has 0 amide bonds. The van der Waals surface area contributed by atoms with Crippen LogP contribution < -0.4 is 5.73 Å². The summed E-state index contributed by atoms with van der Waals surface area (Å²) in [6, 6.07) is 8.96. The maximum absolute atomic E-state index is 6.31. The fourth-order valence-electron chi connectivity index (χ4n) is 2.65. The molecule has 1 aliphatic rings. The Bertz CT molecular complexity index is 381. The monoisotopic (exact) mass is 215 g/mol. The zero-order valence-electron chi connectivity index (χ0n) is 10.1. The zero-order chi connectivity index (χ0) is 11.5. The molecule has 1 aromatic carbocycles. The number of nitrogens with two attached hydrogens (primary N) is 1. The zero-order valence-corrected chi connectivity index (χ0v) is 10.1. The van der Waals surface area contributed by atoms with Gasteiger partial charge in [0.15, 0.2) is 0 Å². The molecule has 0 heterocycles. The minimum Gasteiger partial charge on any atom is -0.327 e. The number of benzene rings is 1. The van der Waals surface area contributed by atoms with Crippen molar-refractivity contribution in [2.45, 2.75) is 44.6 Å². The molecular formula is C15H21N. The third kappa shape index (κ3) is 2.19. The number of rotatable bonds is 4. The fourth-order valence-corrected chi connectivity index (χ4v) is 2.65. The maximum atomic E-state index is 6.31. The van der Waals surface area contributed by atoms with Crippen molar-refractivity contribution in [1.29, 1.82) is 0 Å². The molecule has 0 bridgehead atoms. The van der Waals surface area contributed by atoms with Crippen molar-refractivity contribution in [3.8, 4) is 0 Å². The van der Waals surface area contributed by atoms with Gasteiger partial charge in [-0.25, -0.2) is 0 Å². The van der Waals surface area contributed by atoms with Crippen LogP contribution in [0.4, 0.5) is 0 Å². The highest BCUT2D eigenvalue weighted by molar-refractivity contribution is 5.36. The lowest BCUT2D eigenvalue weighted by Crippen LogP contribution is -2.27. The van der Waals surface area contributed by atoms with Crippen molar-refractivity contribution in [1.82, 2.24) is 0 Å². The minimum atomic E-state index is 0.246. The Hall–Kier alpha value is -1.08. The van der Waals surface area contributed by atoms with E-state index in [4.69, 9.17) is 5.73 Å². The molecule has 0 spiro atoms. The molecule has 2 atom stereocenters. The third-order valence-electron chi connectivity index (χ3n) is 3.72. The average Bonchev–Trinajstić information content (AvgIpc) is 2.72. The van der Waals surface area contributed by atoms with E-state index >= 15 is 0 Å². The molecule has 2 N–H and O–H groups in total. The number of hydrogen-bond acceptors (Lipinski definition) is 1. The Morgan fingerprint density at radius 2 is 2.25 bits per heavy atom.